The molecule has 0 heterocycles. The standard InChI is InChI=1S/C39H67IO3Si/c1-9-11-13-15-17-22-26-35(41)39(36(40)44(6,7)8,29-23-18-16-14-12-10-2)37(42)43-34-30-31(3)27-28-33(34)38(4,5)32-24-20-19-21-25-32/h19-21,23-25,29,31,33-36,41H,9-18,22,26-28,30H2,1-8H3/b29-23+/t31-,33-,34-,35+,36+,39-/m1/s1. The minimum absolute atomic E-state index is 0.0173. The largest absolute Gasteiger partial charge is 0.461 e. The number of hydrogen-bond acceptors (Lipinski definition) is 3. The number of ether oxygens (including phenoxy) is 1. The van der Waals surface area contributed by atoms with Gasteiger partial charge in [-0.15, -0.1) is 0 Å². The molecule has 0 saturated heterocycles. The van der Waals surface area contributed by atoms with Crippen LogP contribution in [0.15, 0.2) is 42.5 Å². The van der Waals surface area contributed by atoms with Crippen LogP contribution >= 0.6 is 22.6 Å². The zero-order chi connectivity index (χ0) is 32.8. The third-order valence-electron chi connectivity index (χ3n) is 10.3. The second kappa shape index (κ2) is 19.2. The van der Waals surface area contributed by atoms with Gasteiger partial charge in [-0.1, -0.05) is 184 Å². The van der Waals surface area contributed by atoms with Gasteiger partial charge in [-0.2, -0.15) is 0 Å². The van der Waals surface area contributed by atoms with Gasteiger partial charge in [-0.05, 0) is 49.0 Å². The second-order valence-corrected chi connectivity index (χ2v) is 23.3. The number of benzene rings is 1. The number of unbranched alkanes of at least 4 members (excludes halogenated alkanes) is 9. The van der Waals surface area contributed by atoms with Crippen molar-refractivity contribution in [3.8, 4) is 0 Å². The molecule has 1 saturated carbocycles. The number of aliphatic hydroxyl groups is 1. The van der Waals surface area contributed by atoms with Crippen molar-refractivity contribution in [2.75, 3.05) is 0 Å². The Bertz CT molecular complexity index is 971. The van der Waals surface area contributed by atoms with Gasteiger partial charge < -0.3 is 9.84 Å². The number of allylic oxidation sites excluding steroid dienone is 1. The minimum atomic E-state index is -1.88. The summed E-state index contributed by atoms with van der Waals surface area (Å²) in [7, 11) is -1.88. The first-order valence-electron chi connectivity index (χ1n) is 18.1. The molecule has 1 N–H and O–H groups in total. The lowest BCUT2D eigenvalue weighted by Crippen LogP contribution is -2.58. The number of halogens is 1. The quantitative estimate of drug-likeness (QED) is 0.0362. The van der Waals surface area contributed by atoms with Crippen molar-refractivity contribution in [3.63, 3.8) is 0 Å². The van der Waals surface area contributed by atoms with Crippen LogP contribution in [0.25, 0.3) is 0 Å². The summed E-state index contributed by atoms with van der Waals surface area (Å²) in [6.07, 6.45) is 19.9. The lowest BCUT2D eigenvalue weighted by molar-refractivity contribution is -0.171. The first-order valence-corrected chi connectivity index (χ1v) is 22.9. The normalized spacial score (nSPS) is 22.5. The summed E-state index contributed by atoms with van der Waals surface area (Å²) in [6, 6.07) is 10.8. The molecular weight excluding hydrogens is 671 g/mol. The van der Waals surface area contributed by atoms with Gasteiger partial charge in [0, 0.05) is 9.47 Å². The third-order valence-corrected chi connectivity index (χ3v) is 18.9. The van der Waals surface area contributed by atoms with Crippen molar-refractivity contribution in [3.05, 3.63) is 48.0 Å². The van der Waals surface area contributed by atoms with Gasteiger partial charge in [0.05, 0.1) is 14.2 Å². The maximum Gasteiger partial charge on any atom is 0.319 e. The molecule has 0 radical (unpaired) electrons. The van der Waals surface area contributed by atoms with Gasteiger partial charge in [0.15, 0.2) is 0 Å². The van der Waals surface area contributed by atoms with Crippen LogP contribution in [-0.2, 0) is 14.9 Å². The Balaban J connectivity index is 2.46. The van der Waals surface area contributed by atoms with Crippen molar-refractivity contribution in [1.29, 1.82) is 0 Å². The predicted octanol–water partition coefficient (Wildman–Crippen LogP) is 11.6. The molecule has 5 heteroatoms. The van der Waals surface area contributed by atoms with Crippen molar-refractivity contribution in [2.24, 2.45) is 17.3 Å². The summed E-state index contributed by atoms with van der Waals surface area (Å²) >= 11 is 2.53. The highest BCUT2D eigenvalue weighted by Gasteiger charge is 2.55. The molecule has 1 fully saturated rings. The van der Waals surface area contributed by atoms with E-state index in [1.54, 1.807) is 0 Å². The monoisotopic (exact) mass is 738 g/mol. The fourth-order valence-electron chi connectivity index (χ4n) is 7.32. The topological polar surface area (TPSA) is 46.5 Å². The van der Waals surface area contributed by atoms with E-state index in [1.165, 1.54) is 50.5 Å². The number of rotatable bonds is 20. The van der Waals surface area contributed by atoms with E-state index >= 15 is 0 Å². The summed E-state index contributed by atoms with van der Waals surface area (Å²) < 4.78 is 6.82. The molecule has 1 aromatic rings. The molecule has 2 rings (SSSR count). The molecule has 0 amide bonds. The molecule has 1 aliphatic rings. The molecule has 6 atom stereocenters. The summed E-state index contributed by atoms with van der Waals surface area (Å²) in [4.78, 5) is 14.9. The van der Waals surface area contributed by atoms with E-state index in [2.05, 4.69) is 119 Å². The zero-order valence-electron chi connectivity index (χ0n) is 29.7. The van der Waals surface area contributed by atoms with Gasteiger partial charge in [0.25, 0.3) is 0 Å². The average molecular weight is 739 g/mol. The fraction of sp³-hybridized carbons (Fsp3) is 0.769. The minimum Gasteiger partial charge on any atom is -0.461 e. The summed E-state index contributed by atoms with van der Waals surface area (Å²) in [5.74, 6) is 0.561. The van der Waals surface area contributed by atoms with E-state index in [4.69, 9.17) is 4.74 Å². The van der Waals surface area contributed by atoms with Crippen LogP contribution in [0, 0.1) is 17.3 Å². The maximum absolute atomic E-state index is 14.9. The Morgan fingerprint density at radius 1 is 0.977 bits per heavy atom. The van der Waals surface area contributed by atoms with Gasteiger partial charge in [0.2, 0.25) is 0 Å². The lowest BCUT2D eigenvalue weighted by atomic mass is 9.64. The molecule has 0 bridgehead atoms. The highest BCUT2D eigenvalue weighted by atomic mass is 127. The number of carbonyl (C=O) groups excluding carboxylic acids is 1. The van der Waals surface area contributed by atoms with E-state index in [1.807, 2.05) is 0 Å². The van der Waals surface area contributed by atoms with E-state index in [9.17, 15) is 9.90 Å². The number of carbonyl (C=O) groups is 1. The van der Waals surface area contributed by atoms with Crippen LogP contribution in [0.1, 0.15) is 136 Å². The lowest BCUT2D eigenvalue weighted by Gasteiger charge is -2.47. The fourth-order valence-corrected chi connectivity index (χ4v) is 10.0. The number of alkyl halides is 1. The van der Waals surface area contributed by atoms with Crippen LogP contribution in [0.2, 0.25) is 19.6 Å². The van der Waals surface area contributed by atoms with Gasteiger partial charge >= 0.3 is 5.97 Å². The Morgan fingerprint density at radius 3 is 2.18 bits per heavy atom. The molecule has 44 heavy (non-hydrogen) atoms. The highest BCUT2D eigenvalue weighted by molar-refractivity contribution is 14.1. The molecule has 1 aliphatic carbocycles. The van der Waals surface area contributed by atoms with Gasteiger partial charge in [0.1, 0.15) is 11.5 Å². The highest BCUT2D eigenvalue weighted by Crippen LogP contribution is 2.47. The Morgan fingerprint density at radius 2 is 1.57 bits per heavy atom. The SMILES string of the molecule is CCCCCC/C=C/[C@](C(=O)O[C@@H]1C[C@H](C)CC[C@H]1C(C)(C)c1ccccc1)([C@@H](I)[Si](C)(C)C)[C@@H](O)CCCCCCCC. The Kier molecular flexibility index (Phi) is 17.3. The molecular formula is C39H67IO3Si. The average Bonchev–Trinajstić information content (AvgIpc) is 2.98. The van der Waals surface area contributed by atoms with Crippen LogP contribution in [0.4, 0.5) is 0 Å². The Labute approximate surface area is 286 Å². The molecule has 3 nitrogen and oxygen atoms in total. The second-order valence-electron chi connectivity index (χ2n) is 15.5. The van der Waals surface area contributed by atoms with Crippen molar-refractivity contribution in [2.45, 2.75) is 172 Å². The molecule has 0 aromatic heterocycles. The number of esters is 1. The molecule has 0 unspecified atom stereocenters. The van der Waals surface area contributed by atoms with Crippen LogP contribution in [0.3, 0.4) is 0 Å². The molecule has 1 aromatic carbocycles. The first kappa shape index (κ1) is 39.5. The van der Waals surface area contributed by atoms with E-state index in [0.717, 1.165) is 44.9 Å². The zero-order valence-corrected chi connectivity index (χ0v) is 32.8. The third kappa shape index (κ3) is 11.2. The first-order chi connectivity index (χ1) is 20.8. The van der Waals surface area contributed by atoms with Gasteiger partial charge in [-0.3, -0.25) is 4.79 Å². The van der Waals surface area contributed by atoms with Crippen LogP contribution < -0.4 is 0 Å². The predicted molar refractivity (Wildman–Crippen MR) is 201 cm³/mol. The van der Waals surface area contributed by atoms with E-state index in [-0.39, 0.29) is 27.0 Å². The summed E-state index contributed by atoms with van der Waals surface area (Å²) in [5, 5.41) is 12.2. The van der Waals surface area contributed by atoms with Gasteiger partial charge in [-0.25, -0.2) is 0 Å². The summed E-state index contributed by atoms with van der Waals surface area (Å²) in [6.45, 7) is 18.4. The van der Waals surface area contributed by atoms with Crippen molar-refractivity contribution in [1.82, 2.24) is 0 Å². The van der Waals surface area contributed by atoms with Crippen LogP contribution in [-0.4, -0.2) is 34.9 Å². The van der Waals surface area contributed by atoms with E-state index in [0.29, 0.717) is 12.3 Å². The molecule has 0 aliphatic heterocycles. The number of aliphatic hydroxyl groups excluding tert-OH is 1. The maximum atomic E-state index is 14.9. The molecule has 0 spiro atoms. The van der Waals surface area contributed by atoms with Crippen molar-refractivity contribution < 1.29 is 14.6 Å². The molecule has 252 valence electrons. The van der Waals surface area contributed by atoms with Crippen LogP contribution in [0.5, 0.6) is 0 Å². The summed E-state index contributed by atoms with van der Waals surface area (Å²) in [5.41, 5.74) is 0.154. The number of hydrogen-bond donors (Lipinski definition) is 1. The van der Waals surface area contributed by atoms with Crippen molar-refractivity contribution >= 4 is 36.6 Å². The smallest absolute Gasteiger partial charge is 0.319 e. The Hall–Kier alpha value is -0.663. The van der Waals surface area contributed by atoms with E-state index < -0.39 is 19.6 Å².